The summed E-state index contributed by atoms with van der Waals surface area (Å²) in [4.78, 5) is 0. The molecule has 4 heteroatoms. The smallest absolute Gasteiger partial charge is 0.404 e. The summed E-state index contributed by atoms with van der Waals surface area (Å²) in [5.41, 5.74) is 6.61. The molecule has 4 aliphatic rings. The minimum Gasteiger partial charge on any atom is -0.404 e. The van der Waals surface area contributed by atoms with Crippen LogP contribution in [0.1, 0.15) is 53.9 Å². The van der Waals surface area contributed by atoms with Crippen molar-refractivity contribution in [1.82, 2.24) is 0 Å². The molecule has 0 aromatic carbocycles. The summed E-state index contributed by atoms with van der Waals surface area (Å²) >= 11 is 0. The zero-order valence-electron chi connectivity index (χ0n) is 13.0. The Morgan fingerprint density at radius 2 is 2.00 bits per heavy atom. The molecule has 2 N–H and O–H groups in total. The Bertz CT molecular complexity index is 375. The molecule has 3 nitrogen and oxygen atoms in total. The first-order chi connectivity index (χ1) is 8.80. The van der Waals surface area contributed by atoms with Crippen molar-refractivity contribution < 1.29 is 9.31 Å². The van der Waals surface area contributed by atoms with Gasteiger partial charge >= 0.3 is 7.12 Å². The third-order valence-electron chi connectivity index (χ3n) is 6.58. The summed E-state index contributed by atoms with van der Waals surface area (Å²) in [5.74, 6) is 1.86. The molecule has 0 spiro atoms. The van der Waals surface area contributed by atoms with Gasteiger partial charge < -0.3 is 15.0 Å². The second-order valence-corrected chi connectivity index (χ2v) is 7.80. The maximum atomic E-state index is 6.38. The lowest BCUT2D eigenvalue weighted by Crippen LogP contribution is -2.65. The van der Waals surface area contributed by atoms with E-state index in [9.17, 15) is 0 Å². The van der Waals surface area contributed by atoms with Crippen LogP contribution in [0.3, 0.4) is 0 Å². The van der Waals surface area contributed by atoms with Gasteiger partial charge in [0.15, 0.2) is 0 Å². The van der Waals surface area contributed by atoms with E-state index in [-0.39, 0.29) is 24.8 Å². The average Bonchev–Trinajstić information content (AvgIpc) is 2.73. The molecular weight excluding hydrogens is 237 g/mol. The first-order valence-electron chi connectivity index (χ1n) is 7.89. The van der Waals surface area contributed by atoms with E-state index in [4.69, 9.17) is 15.0 Å². The van der Waals surface area contributed by atoms with E-state index in [0.717, 1.165) is 18.8 Å². The Morgan fingerprint density at radius 1 is 1.32 bits per heavy atom. The molecule has 0 radical (unpaired) electrons. The molecule has 3 saturated carbocycles. The highest BCUT2D eigenvalue weighted by atomic mass is 16.7. The predicted octanol–water partition coefficient (Wildman–Crippen LogP) is 2.63. The van der Waals surface area contributed by atoms with Gasteiger partial charge in [0.05, 0.1) is 11.7 Å². The Morgan fingerprint density at radius 3 is 2.58 bits per heavy atom. The maximum absolute atomic E-state index is 6.38. The van der Waals surface area contributed by atoms with E-state index in [0.29, 0.717) is 17.3 Å². The van der Waals surface area contributed by atoms with Crippen molar-refractivity contribution in [1.29, 1.82) is 0 Å². The lowest BCUT2D eigenvalue weighted by atomic mass is 9.43. The highest BCUT2D eigenvalue weighted by Crippen LogP contribution is 2.65. The zero-order chi connectivity index (χ0) is 14.0. The van der Waals surface area contributed by atoms with E-state index < -0.39 is 0 Å². The number of nitrogens with two attached hydrogens (primary N) is 1. The van der Waals surface area contributed by atoms with Gasteiger partial charge in [-0.05, 0) is 42.9 Å². The van der Waals surface area contributed by atoms with Crippen LogP contribution in [0.15, 0.2) is 0 Å². The molecule has 19 heavy (non-hydrogen) atoms. The molecule has 4 rings (SSSR count). The summed E-state index contributed by atoms with van der Waals surface area (Å²) in [7, 11) is -0.208. The molecule has 4 fully saturated rings. The molecule has 0 aromatic heterocycles. The summed E-state index contributed by atoms with van der Waals surface area (Å²) in [6.45, 7) is 11.4. The number of hydrogen-bond donors (Lipinski definition) is 1. The molecule has 6 atom stereocenters. The van der Waals surface area contributed by atoms with Gasteiger partial charge in [-0.1, -0.05) is 34.1 Å². The van der Waals surface area contributed by atoms with E-state index in [1.807, 2.05) is 0 Å². The minimum absolute atomic E-state index is 0.00672. The van der Waals surface area contributed by atoms with Crippen molar-refractivity contribution in [3.05, 3.63) is 0 Å². The third-order valence-corrected chi connectivity index (χ3v) is 6.58. The van der Waals surface area contributed by atoms with Gasteiger partial charge in [0.2, 0.25) is 0 Å². The molecule has 1 heterocycles. The van der Waals surface area contributed by atoms with Crippen LogP contribution in [0.4, 0.5) is 0 Å². The van der Waals surface area contributed by atoms with Crippen LogP contribution in [0.2, 0.25) is 0 Å². The van der Waals surface area contributed by atoms with Crippen LogP contribution in [-0.4, -0.2) is 24.8 Å². The van der Waals surface area contributed by atoms with Crippen molar-refractivity contribution in [3.63, 3.8) is 0 Å². The second kappa shape index (κ2) is 4.22. The van der Waals surface area contributed by atoms with Crippen LogP contribution in [-0.2, 0) is 9.31 Å². The first kappa shape index (κ1) is 13.9. The van der Waals surface area contributed by atoms with Crippen LogP contribution in [0.5, 0.6) is 0 Å². The molecule has 3 aliphatic carbocycles. The van der Waals surface area contributed by atoms with E-state index >= 15 is 0 Å². The van der Waals surface area contributed by atoms with Crippen molar-refractivity contribution in [2.24, 2.45) is 28.9 Å². The lowest BCUT2D eigenvalue weighted by molar-refractivity contribution is -0.199. The zero-order valence-corrected chi connectivity index (χ0v) is 13.0. The van der Waals surface area contributed by atoms with E-state index in [1.54, 1.807) is 0 Å². The average molecular weight is 265 g/mol. The minimum atomic E-state index is -0.208. The van der Waals surface area contributed by atoms with Crippen molar-refractivity contribution in [2.75, 3.05) is 0 Å². The maximum Gasteiger partial charge on any atom is 0.475 e. The fourth-order valence-electron chi connectivity index (χ4n) is 4.60. The Kier molecular flexibility index (Phi) is 3.09. The number of rotatable bonds is 3. The van der Waals surface area contributed by atoms with Gasteiger partial charge in [0.1, 0.15) is 0 Å². The van der Waals surface area contributed by atoms with E-state index in [2.05, 4.69) is 34.6 Å². The highest BCUT2D eigenvalue weighted by molar-refractivity contribution is 6.47. The molecule has 0 aromatic rings. The molecule has 1 saturated heterocycles. The summed E-state index contributed by atoms with van der Waals surface area (Å²) < 4.78 is 12.6. The van der Waals surface area contributed by atoms with Crippen LogP contribution < -0.4 is 5.73 Å². The fourth-order valence-corrected chi connectivity index (χ4v) is 4.60. The van der Waals surface area contributed by atoms with Crippen LogP contribution >= 0.6 is 0 Å². The molecule has 1 aliphatic heterocycles. The quantitative estimate of drug-likeness (QED) is 0.798. The molecule has 0 amide bonds. The molecular formula is C15H28BNO2. The van der Waals surface area contributed by atoms with Gasteiger partial charge in [-0.2, -0.15) is 0 Å². The van der Waals surface area contributed by atoms with Crippen molar-refractivity contribution in [3.8, 4) is 0 Å². The standard InChI is InChI=1S/C15H28BNO2/c1-6-9(2)13(17)16-18-12-8-10-7-11(14(10,3)4)15(12,5)19-16/h9-13H,6-8,17H2,1-5H3/t9-,10-,11-,12+,13-,15-/m0/s1. The largest absolute Gasteiger partial charge is 0.475 e. The SMILES string of the molecule is CC[C@H](C)[C@H](N)B1O[C@@H]2C[C@@H]3C[C@@H](C3(C)C)[C@]2(C)O1. The lowest BCUT2D eigenvalue weighted by Gasteiger charge is -2.64. The van der Waals surface area contributed by atoms with E-state index in [1.165, 1.54) is 6.42 Å². The Balaban J connectivity index is 1.77. The van der Waals surface area contributed by atoms with Gasteiger partial charge in [-0.3, -0.25) is 0 Å². The summed E-state index contributed by atoms with van der Waals surface area (Å²) in [6, 6.07) is 0. The molecule has 2 bridgehead atoms. The third kappa shape index (κ3) is 1.76. The van der Waals surface area contributed by atoms with Crippen molar-refractivity contribution in [2.45, 2.75) is 71.5 Å². The van der Waals surface area contributed by atoms with Gasteiger partial charge in [0, 0.05) is 5.94 Å². The van der Waals surface area contributed by atoms with Crippen molar-refractivity contribution >= 4 is 7.12 Å². The predicted molar refractivity (Wildman–Crippen MR) is 77.5 cm³/mol. The van der Waals surface area contributed by atoms with Gasteiger partial charge in [-0.15, -0.1) is 0 Å². The highest BCUT2D eigenvalue weighted by Gasteiger charge is 2.68. The summed E-state index contributed by atoms with van der Waals surface area (Å²) in [6.07, 6.45) is 3.77. The number of hydrogen-bond acceptors (Lipinski definition) is 3. The Hall–Kier alpha value is -0.0551. The van der Waals surface area contributed by atoms with Gasteiger partial charge in [-0.25, -0.2) is 0 Å². The monoisotopic (exact) mass is 265 g/mol. The van der Waals surface area contributed by atoms with Crippen LogP contribution in [0, 0.1) is 23.2 Å². The van der Waals surface area contributed by atoms with Gasteiger partial charge in [0.25, 0.3) is 0 Å². The fraction of sp³-hybridized carbons (Fsp3) is 1.00. The van der Waals surface area contributed by atoms with Crippen LogP contribution in [0.25, 0.3) is 0 Å². The summed E-state index contributed by atoms with van der Waals surface area (Å²) in [5, 5.41) is 0. The topological polar surface area (TPSA) is 44.5 Å². The molecule has 108 valence electrons. The molecule has 0 unspecified atom stereocenters. The first-order valence-corrected chi connectivity index (χ1v) is 7.89. The normalized spacial score (nSPS) is 46.4. The second-order valence-electron chi connectivity index (χ2n) is 7.80. The Labute approximate surface area is 117 Å².